The van der Waals surface area contributed by atoms with E-state index >= 15 is 0 Å². The van der Waals surface area contributed by atoms with E-state index in [1.165, 1.54) is 18.2 Å². The molecule has 0 aliphatic heterocycles. The van der Waals surface area contributed by atoms with Gasteiger partial charge in [0.1, 0.15) is 5.82 Å². The Morgan fingerprint density at radius 3 is 2.79 bits per heavy atom. The standard InChI is InChI=1S/C12H11F3N2OS/c13-8-1-2-9-7(3-8)4-10(19-9)11(18)17-6-12(14,15)5-16/h1-4H,5-6,16H2,(H,17,18). The van der Waals surface area contributed by atoms with Gasteiger partial charge in [-0.1, -0.05) is 0 Å². The average Bonchev–Trinajstić information content (AvgIpc) is 2.79. The van der Waals surface area contributed by atoms with E-state index in [0.29, 0.717) is 5.39 Å². The van der Waals surface area contributed by atoms with Crippen molar-refractivity contribution in [3.8, 4) is 0 Å². The molecule has 0 saturated heterocycles. The quantitative estimate of drug-likeness (QED) is 0.907. The molecule has 2 aromatic rings. The van der Waals surface area contributed by atoms with Gasteiger partial charge < -0.3 is 11.1 Å². The summed E-state index contributed by atoms with van der Waals surface area (Å²) in [7, 11) is 0. The first-order valence-electron chi connectivity index (χ1n) is 5.46. The molecular formula is C12H11F3N2OS. The van der Waals surface area contributed by atoms with Crippen LogP contribution in [0.25, 0.3) is 10.1 Å². The van der Waals surface area contributed by atoms with Crippen LogP contribution >= 0.6 is 11.3 Å². The van der Waals surface area contributed by atoms with Crippen LogP contribution in [-0.2, 0) is 0 Å². The second-order valence-corrected chi connectivity index (χ2v) is 5.12. The molecule has 0 spiro atoms. The number of hydrogen-bond donors (Lipinski definition) is 2. The molecule has 0 unspecified atom stereocenters. The third-order valence-corrected chi connectivity index (χ3v) is 3.62. The highest BCUT2D eigenvalue weighted by molar-refractivity contribution is 7.20. The van der Waals surface area contributed by atoms with Gasteiger partial charge in [-0.2, -0.15) is 0 Å². The fourth-order valence-electron chi connectivity index (χ4n) is 1.49. The number of fused-ring (bicyclic) bond motifs is 1. The number of amides is 1. The number of carbonyl (C=O) groups excluding carboxylic acids is 1. The van der Waals surface area contributed by atoms with Crippen LogP contribution in [0.5, 0.6) is 0 Å². The van der Waals surface area contributed by atoms with Crippen LogP contribution in [-0.4, -0.2) is 24.9 Å². The molecule has 7 heteroatoms. The van der Waals surface area contributed by atoms with Gasteiger partial charge in [0.25, 0.3) is 11.8 Å². The molecule has 19 heavy (non-hydrogen) atoms. The van der Waals surface area contributed by atoms with E-state index in [9.17, 15) is 18.0 Å². The number of rotatable bonds is 4. The minimum atomic E-state index is -3.13. The highest BCUT2D eigenvalue weighted by Crippen LogP contribution is 2.26. The molecule has 1 amide bonds. The second-order valence-electron chi connectivity index (χ2n) is 4.04. The van der Waals surface area contributed by atoms with E-state index in [1.807, 2.05) is 0 Å². The lowest BCUT2D eigenvalue weighted by Crippen LogP contribution is -2.41. The van der Waals surface area contributed by atoms with E-state index in [2.05, 4.69) is 5.32 Å². The molecule has 0 aliphatic rings. The van der Waals surface area contributed by atoms with Crippen molar-refractivity contribution in [2.75, 3.05) is 13.1 Å². The molecule has 102 valence electrons. The van der Waals surface area contributed by atoms with Crippen molar-refractivity contribution >= 4 is 27.3 Å². The Kier molecular flexibility index (Phi) is 3.77. The van der Waals surface area contributed by atoms with Gasteiger partial charge in [-0.3, -0.25) is 4.79 Å². The molecule has 1 heterocycles. The molecular weight excluding hydrogens is 277 g/mol. The van der Waals surface area contributed by atoms with Crippen molar-refractivity contribution in [3.05, 3.63) is 35.0 Å². The summed E-state index contributed by atoms with van der Waals surface area (Å²) >= 11 is 1.12. The Labute approximate surface area is 111 Å². The van der Waals surface area contributed by atoms with Gasteiger partial charge in [0.15, 0.2) is 0 Å². The van der Waals surface area contributed by atoms with E-state index < -0.39 is 30.7 Å². The van der Waals surface area contributed by atoms with Crippen molar-refractivity contribution < 1.29 is 18.0 Å². The zero-order valence-corrected chi connectivity index (χ0v) is 10.6. The lowest BCUT2D eigenvalue weighted by Gasteiger charge is -2.13. The van der Waals surface area contributed by atoms with Crippen molar-refractivity contribution in [1.29, 1.82) is 0 Å². The van der Waals surface area contributed by atoms with E-state index in [-0.39, 0.29) is 4.88 Å². The molecule has 0 bridgehead atoms. The zero-order valence-electron chi connectivity index (χ0n) is 9.75. The maximum Gasteiger partial charge on any atom is 0.277 e. The van der Waals surface area contributed by atoms with Crippen LogP contribution in [0.4, 0.5) is 13.2 Å². The van der Waals surface area contributed by atoms with Crippen molar-refractivity contribution in [2.45, 2.75) is 5.92 Å². The lowest BCUT2D eigenvalue weighted by molar-refractivity contribution is 0.0119. The van der Waals surface area contributed by atoms with E-state index in [4.69, 9.17) is 5.73 Å². The third kappa shape index (κ3) is 3.24. The molecule has 3 N–H and O–H groups in total. The number of carbonyl (C=O) groups is 1. The lowest BCUT2D eigenvalue weighted by atomic mass is 10.2. The van der Waals surface area contributed by atoms with E-state index in [0.717, 1.165) is 16.0 Å². The number of nitrogens with two attached hydrogens (primary N) is 1. The molecule has 3 nitrogen and oxygen atoms in total. The third-order valence-electron chi connectivity index (χ3n) is 2.51. The summed E-state index contributed by atoms with van der Waals surface area (Å²) in [5.41, 5.74) is 4.87. The molecule has 0 saturated carbocycles. The molecule has 0 radical (unpaired) electrons. The van der Waals surface area contributed by atoms with Gasteiger partial charge in [0.05, 0.1) is 18.0 Å². The first-order valence-corrected chi connectivity index (χ1v) is 6.28. The summed E-state index contributed by atoms with van der Waals surface area (Å²) in [5, 5.41) is 2.68. The summed E-state index contributed by atoms with van der Waals surface area (Å²) in [4.78, 5) is 12.0. The molecule has 0 atom stereocenters. The first-order chi connectivity index (χ1) is 8.91. The Balaban J connectivity index is 2.13. The van der Waals surface area contributed by atoms with Crippen molar-refractivity contribution in [1.82, 2.24) is 5.32 Å². The van der Waals surface area contributed by atoms with Crippen LogP contribution in [0, 0.1) is 5.82 Å². The predicted molar refractivity (Wildman–Crippen MR) is 68.1 cm³/mol. The summed E-state index contributed by atoms with van der Waals surface area (Å²) < 4.78 is 39.5. The topological polar surface area (TPSA) is 55.1 Å². The van der Waals surface area contributed by atoms with Crippen LogP contribution in [0.2, 0.25) is 0 Å². The molecule has 1 aromatic carbocycles. The Morgan fingerprint density at radius 2 is 2.11 bits per heavy atom. The zero-order chi connectivity index (χ0) is 14.0. The van der Waals surface area contributed by atoms with Gasteiger partial charge in [-0.25, -0.2) is 13.2 Å². The fourth-order valence-corrected chi connectivity index (χ4v) is 2.45. The van der Waals surface area contributed by atoms with Gasteiger partial charge in [0.2, 0.25) is 0 Å². The average molecular weight is 288 g/mol. The second kappa shape index (κ2) is 5.18. The number of thiophene rings is 1. The van der Waals surface area contributed by atoms with Crippen LogP contribution in [0.3, 0.4) is 0 Å². The highest BCUT2D eigenvalue weighted by Gasteiger charge is 2.27. The molecule has 0 fully saturated rings. The largest absolute Gasteiger partial charge is 0.345 e. The van der Waals surface area contributed by atoms with Crippen LogP contribution in [0.15, 0.2) is 24.3 Å². The maximum atomic E-state index is 13.0. The number of hydrogen-bond acceptors (Lipinski definition) is 3. The molecule has 1 aromatic heterocycles. The summed E-state index contributed by atoms with van der Waals surface area (Å²) in [6.07, 6.45) is 0. The van der Waals surface area contributed by atoms with Gasteiger partial charge in [0, 0.05) is 4.70 Å². The Bertz CT molecular complexity index is 612. The minimum Gasteiger partial charge on any atom is -0.345 e. The fraction of sp³-hybridized carbons (Fsp3) is 0.250. The Morgan fingerprint density at radius 1 is 1.37 bits per heavy atom. The SMILES string of the molecule is NCC(F)(F)CNC(=O)c1cc2cc(F)ccc2s1. The number of nitrogens with one attached hydrogen (secondary N) is 1. The summed E-state index contributed by atoms with van der Waals surface area (Å²) in [6, 6.07) is 5.58. The van der Waals surface area contributed by atoms with E-state index in [1.54, 1.807) is 6.07 Å². The van der Waals surface area contributed by atoms with Crippen molar-refractivity contribution in [3.63, 3.8) is 0 Å². The number of alkyl halides is 2. The maximum absolute atomic E-state index is 13.0. The molecule has 2 rings (SSSR count). The van der Waals surface area contributed by atoms with Crippen LogP contribution in [0.1, 0.15) is 9.67 Å². The summed E-state index contributed by atoms with van der Waals surface area (Å²) in [6.45, 7) is -1.64. The first kappa shape index (κ1) is 13.8. The van der Waals surface area contributed by atoms with Crippen LogP contribution < -0.4 is 11.1 Å². The van der Waals surface area contributed by atoms with Gasteiger partial charge >= 0.3 is 0 Å². The molecule has 0 aliphatic carbocycles. The number of halogens is 3. The van der Waals surface area contributed by atoms with Gasteiger partial charge in [-0.15, -0.1) is 11.3 Å². The predicted octanol–water partition coefficient (Wildman–Crippen LogP) is 2.36. The number of benzene rings is 1. The Hall–Kier alpha value is -1.60. The smallest absolute Gasteiger partial charge is 0.277 e. The minimum absolute atomic E-state index is 0.258. The normalized spacial score (nSPS) is 11.8. The summed E-state index contributed by atoms with van der Waals surface area (Å²) in [5.74, 6) is -4.15. The monoisotopic (exact) mass is 288 g/mol. The highest BCUT2D eigenvalue weighted by atomic mass is 32.1. The van der Waals surface area contributed by atoms with Crippen molar-refractivity contribution in [2.24, 2.45) is 5.73 Å². The van der Waals surface area contributed by atoms with Gasteiger partial charge in [-0.05, 0) is 29.7 Å².